The number of rotatable bonds is 5. The predicted molar refractivity (Wildman–Crippen MR) is 67.8 cm³/mol. The van der Waals surface area contributed by atoms with Gasteiger partial charge in [0.2, 0.25) is 5.82 Å². The van der Waals surface area contributed by atoms with Gasteiger partial charge in [-0.05, 0) is 0 Å². The van der Waals surface area contributed by atoms with Gasteiger partial charge < -0.3 is 9.84 Å². The zero-order chi connectivity index (χ0) is 14.0. The Morgan fingerprint density at radius 2 is 2.32 bits per heavy atom. The number of hydrogen-bond acceptors (Lipinski definition) is 6. The first kappa shape index (κ1) is 13.1. The molecule has 0 aliphatic rings. The molecule has 0 saturated carbocycles. The summed E-state index contributed by atoms with van der Waals surface area (Å²) in [6.45, 7) is 4.06. The summed E-state index contributed by atoms with van der Waals surface area (Å²) in [5, 5.41) is 21.9. The second-order valence-electron chi connectivity index (χ2n) is 4.45. The first-order chi connectivity index (χ1) is 9.00. The van der Waals surface area contributed by atoms with Gasteiger partial charge in [-0.3, -0.25) is 10.1 Å². The maximum absolute atomic E-state index is 11.2. The van der Waals surface area contributed by atoms with Crippen molar-refractivity contribution in [2.45, 2.75) is 26.3 Å². The molecule has 2 aromatic rings. The Balaban J connectivity index is 2.30. The quantitative estimate of drug-likeness (QED) is 0.656. The molecule has 0 unspecified atom stereocenters. The van der Waals surface area contributed by atoms with E-state index in [0.29, 0.717) is 23.8 Å². The average molecular weight is 265 g/mol. The van der Waals surface area contributed by atoms with Crippen LogP contribution in [0.2, 0.25) is 0 Å². The molecule has 0 amide bonds. The van der Waals surface area contributed by atoms with Crippen LogP contribution in [0.5, 0.6) is 0 Å². The molecule has 102 valence electrons. The molecule has 0 radical (unpaired) electrons. The van der Waals surface area contributed by atoms with Gasteiger partial charge in [-0.25, -0.2) is 4.68 Å². The highest BCUT2D eigenvalue weighted by molar-refractivity contribution is 5.60. The van der Waals surface area contributed by atoms with Gasteiger partial charge in [0.15, 0.2) is 5.76 Å². The first-order valence-corrected chi connectivity index (χ1v) is 5.85. The average Bonchev–Trinajstić information content (AvgIpc) is 2.93. The Morgan fingerprint density at radius 1 is 1.58 bits per heavy atom. The minimum absolute atomic E-state index is 0.0111. The number of hydrogen-bond donors (Lipinski definition) is 1. The highest BCUT2D eigenvalue weighted by Crippen LogP contribution is 2.32. The fraction of sp³-hybridized carbons (Fsp3) is 0.455. The number of nitrogens with one attached hydrogen (secondary N) is 1. The fourth-order valence-electron chi connectivity index (χ4n) is 1.80. The van der Waals surface area contributed by atoms with Gasteiger partial charge >= 0.3 is 5.69 Å². The predicted octanol–water partition coefficient (Wildman–Crippen LogP) is 2.05. The van der Waals surface area contributed by atoms with Crippen molar-refractivity contribution in [1.82, 2.24) is 14.9 Å². The number of aromatic nitrogens is 3. The standard InChI is InChI=1S/C11H15N5O3/c1-7(2)9-10(16(17)18)11(15(3)14-9)12-6-8-4-5-13-19-8/h4-5,7,12H,6H2,1-3H3. The zero-order valence-corrected chi connectivity index (χ0v) is 11.0. The van der Waals surface area contributed by atoms with Crippen LogP contribution in [0.25, 0.3) is 0 Å². The van der Waals surface area contributed by atoms with Crippen LogP contribution in [0, 0.1) is 10.1 Å². The van der Waals surface area contributed by atoms with Crippen molar-refractivity contribution in [2.75, 3.05) is 5.32 Å². The lowest BCUT2D eigenvalue weighted by Crippen LogP contribution is -2.05. The van der Waals surface area contributed by atoms with Crippen molar-refractivity contribution < 1.29 is 9.45 Å². The van der Waals surface area contributed by atoms with Gasteiger partial charge in [-0.1, -0.05) is 19.0 Å². The lowest BCUT2D eigenvalue weighted by Gasteiger charge is -2.03. The third-order valence-corrected chi connectivity index (χ3v) is 2.70. The summed E-state index contributed by atoms with van der Waals surface area (Å²) in [5.74, 6) is 0.944. The van der Waals surface area contributed by atoms with Crippen LogP contribution < -0.4 is 5.32 Å². The van der Waals surface area contributed by atoms with Gasteiger partial charge in [-0.15, -0.1) is 0 Å². The molecule has 19 heavy (non-hydrogen) atoms. The molecule has 0 aliphatic heterocycles. The first-order valence-electron chi connectivity index (χ1n) is 5.85. The molecule has 0 aromatic carbocycles. The lowest BCUT2D eigenvalue weighted by molar-refractivity contribution is -0.384. The molecule has 2 rings (SSSR count). The van der Waals surface area contributed by atoms with Gasteiger partial charge in [-0.2, -0.15) is 5.10 Å². The fourth-order valence-corrected chi connectivity index (χ4v) is 1.80. The van der Waals surface area contributed by atoms with Crippen molar-refractivity contribution >= 4 is 11.5 Å². The molecule has 8 heteroatoms. The van der Waals surface area contributed by atoms with Crippen molar-refractivity contribution in [2.24, 2.45) is 7.05 Å². The van der Waals surface area contributed by atoms with E-state index in [0.717, 1.165) is 0 Å². The largest absolute Gasteiger partial charge is 0.360 e. The van der Waals surface area contributed by atoms with Crippen LogP contribution in [0.4, 0.5) is 11.5 Å². The molecular weight excluding hydrogens is 250 g/mol. The molecule has 0 bridgehead atoms. The number of aryl methyl sites for hydroxylation is 1. The SMILES string of the molecule is CC(C)c1nn(C)c(NCc2ccno2)c1[N+](=O)[O-]. The Morgan fingerprint density at radius 3 is 2.84 bits per heavy atom. The van der Waals surface area contributed by atoms with Crippen LogP contribution in [0.1, 0.15) is 31.2 Å². The smallest absolute Gasteiger partial charge is 0.334 e. The third-order valence-electron chi connectivity index (χ3n) is 2.70. The second-order valence-corrected chi connectivity index (χ2v) is 4.45. The maximum atomic E-state index is 11.2. The van der Waals surface area contributed by atoms with E-state index >= 15 is 0 Å². The van der Waals surface area contributed by atoms with Crippen LogP contribution in [-0.4, -0.2) is 19.9 Å². The molecule has 0 saturated heterocycles. The molecule has 0 atom stereocenters. The summed E-state index contributed by atoms with van der Waals surface area (Å²) in [6.07, 6.45) is 1.52. The highest BCUT2D eigenvalue weighted by Gasteiger charge is 2.28. The van der Waals surface area contributed by atoms with E-state index in [-0.39, 0.29) is 11.6 Å². The van der Waals surface area contributed by atoms with Crippen molar-refractivity contribution in [1.29, 1.82) is 0 Å². The van der Waals surface area contributed by atoms with E-state index < -0.39 is 4.92 Å². The topological polar surface area (TPSA) is 99.0 Å². The summed E-state index contributed by atoms with van der Waals surface area (Å²) in [6, 6.07) is 1.69. The van der Waals surface area contributed by atoms with E-state index in [1.807, 2.05) is 13.8 Å². The molecule has 2 aromatic heterocycles. The third kappa shape index (κ3) is 2.56. The maximum Gasteiger partial charge on any atom is 0.334 e. The molecule has 8 nitrogen and oxygen atoms in total. The zero-order valence-electron chi connectivity index (χ0n) is 11.0. The summed E-state index contributed by atoms with van der Waals surface area (Å²) in [5.41, 5.74) is 0.476. The van der Waals surface area contributed by atoms with E-state index in [9.17, 15) is 10.1 Å². The van der Waals surface area contributed by atoms with Gasteiger partial charge in [0, 0.05) is 19.0 Å². The van der Waals surface area contributed by atoms with Crippen LogP contribution >= 0.6 is 0 Å². The Bertz CT molecular complexity index is 573. The van der Waals surface area contributed by atoms with Crippen molar-refractivity contribution in [3.63, 3.8) is 0 Å². The highest BCUT2D eigenvalue weighted by atomic mass is 16.6. The Kier molecular flexibility index (Phi) is 3.50. The molecular formula is C11H15N5O3. The lowest BCUT2D eigenvalue weighted by atomic mass is 10.1. The van der Waals surface area contributed by atoms with Gasteiger partial charge in [0.1, 0.15) is 5.69 Å². The Labute approximate surface area is 109 Å². The number of nitro groups is 1. The normalized spacial score (nSPS) is 10.9. The molecule has 2 heterocycles. The summed E-state index contributed by atoms with van der Waals surface area (Å²) in [7, 11) is 1.67. The number of nitrogens with zero attached hydrogens (tertiary/aromatic N) is 4. The van der Waals surface area contributed by atoms with E-state index in [2.05, 4.69) is 15.6 Å². The van der Waals surface area contributed by atoms with E-state index in [4.69, 9.17) is 4.52 Å². The summed E-state index contributed by atoms with van der Waals surface area (Å²) in [4.78, 5) is 10.8. The molecule has 0 aliphatic carbocycles. The monoisotopic (exact) mass is 265 g/mol. The van der Waals surface area contributed by atoms with E-state index in [1.54, 1.807) is 13.1 Å². The number of anilines is 1. The van der Waals surface area contributed by atoms with Crippen molar-refractivity contribution in [3.8, 4) is 0 Å². The minimum Gasteiger partial charge on any atom is -0.360 e. The summed E-state index contributed by atoms with van der Waals surface area (Å²) < 4.78 is 6.41. The molecule has 0 fully saturated rings. The van der Waals surface area contributed by atoms with Crippen LogP contribution in [0.15, 0.2) is 16.8 Å². The minimum atomic E-state index is -0.412. The van der Waals surface area contributed by atoms with E-state index in [1.165, 1.54) is 10.9 Å². The van der Waals surface area contributed by atoms with Gasteiger partial charge in [0.05, 0.1) is 17.7 Å². The summed E-state index contributed by atoms with van der Waals surface area (Å²) >= 11 is 0. The van der Waals surface area contributed by atoms with Crippen LogP contribution in [0.3, 0.4) is 0 Å². The van der Waals surface area contributed by atoms with Crippen molar-refractivity contribution in [3.05, 3.63) is 33.8 Å². The van der Waals surface area contributed by atoms with Gasteiger partial charge in [0.25, 0.3) is 0 Å². The van der Waals surface area contributed by atoms with Crippen LogP contribution in [-0.2, 0) is 13.6 Å². The molecule has 1 N–H and O–H groups in total. The Hall–Kier alpha value is -2.38. The molecule has 0 spiro atoms. The second kappa shape index (κ2) is 5.09.